The molecule has 0 aliphatic rings. The van der Waals surface area contributed by atoms with E-state index in [2.05, 4.69) is 31.3 Å². The lowest BCUT2D eigenvalue weighted by Gasteiger charge is -2.22. The molecule has 0 saturated heterocycles. The Morgan fingerprint density at radius 3 is 2.33 bits per heavy atom. The van der Waals surface area contributed by atoms with Gasteiger partial charge in [0.25, 0.3) is 0 Å². The van der Waals surface area contributed by atoms with Crippen LogP contribution >= 0.6 is 22.9 Å². The quantitative estimate of drug-likeness (QED) is 0.747. The first-order valence-electron chi connectivity index (χ1n) is 7.24. The summed E-state index contributed by atoms with van der Waals surface area (Å²) in [6, 6.07) is 12.7. The Balaban J connectivity index is 2.11. The van der Waals surface area contributed by atoms with Gasteiger partial charge in [-0.1, -0.05) is 29.8 Å². The van der Waals surface area contributed by atoms with E-state index in [0.717, 1.165) is 10.1 Å². The summed E-state index contributed by atoms with van der Waals surface area (Å²) in [4.78, 5) is 1.24. The minimum atomic E-state index is 0.173. The van der Waals surface area contributed by atoms with E-state index in [1.54, 1.807) is 11.3 Å². The third-order valence-corrected chi connectivity index (χ3v) is 4.68. The van der Waals surface area contributed by atoms with Gasteiger partial charge in [0.15, 0.2) is 0 Å². The number of thiophene rings is 1. The highest BCUT2D eigenvalue weighted by atomic mass is 35.5. The number of para-hydroxylation sites is 1. The molecule has 4 heteroatoms. The van der Waals surface area contributed by atoms with Gasteiger partial charge >= 0.3 is 0 Å². The lowest BCUT2D eigenvalue weighted by atomic mass is 10.1. The zero-order valence-electron chi connectivity index (χ0n) is 12.9. The molecule has 21 heavy (non-hydrogen) atoms. The first-order chi connectivity index (χ1) is 9.97. The first kappa shape index (κ1) is 16.3. The number of hydrogen-bond donors (Lipinski definition) is 1. The average molecular weight is 324 g/mol. The van der Waals surface area contributed by atoms with Crippen molar-refractivity contribution in [2.45, 2.75) is 45.9 Å². The van der Waals surface area contributed by atoms with Crippen LogP contribution in [0.25, 0.3) is 0 Å². The maximum absolute atomic E-state index is 6.01. The number of nitrogens with one attached hydrogen (secondary N) is 1. The standard InChI is InChI=1S/C17H22ClNOS/c1-11(2)20-15-8-6-5-7-14(15)12(3)19-13(4)16-9-10-17(18)21-16/h5-13,19H,1-4H3. The fraction of sp³-hybridized carbons (Fsp3) is 0.412. The Morgan fingerprint density at radius 1 is 1.00 bits per heavy atom. The highest BCUT2D eigenvalue weighted by molar-refractivity contribution is 7.16. The predicted octanol–water partition coefficient (Wildman–Crippen LogP) is 5.60. The van der Waals surface area contributed by atoms with Gasteiger partial charge in [0.05, 0.1) is 10.4 Å². The third-order valence-electron chi connectivity index (χ3n) is 3.27. The summed E-state index contributed by atoms with van der Waals surface area (Å²) in [5.74, 6) is 0.948. The molecule has 0 fully saturated rings. The van der Waals surface area contributed by atoms with E-state index in [9.17, 15) is 0 Å². The van der Waals surface area contributed by atoms with Gasteiger partial charge in [0, 0.05) is 22.5 Å². The molecule has 2 nitrogen and oxygen atoms in total. The molecule has 1 N–H and O–H groups in total. The van der Waals surface area contributed by atoms with Crippen molar-refractivity contribution in [1.82, 2.24) is 5.32 Å². The van der Waals surface area contributed by atoms with E-state index in [4.69, 9.17) is 16.3 Å². The summed E-state index contributed by atoms with van der Waals surface area (Å²) < 4.78 is 6.73. The second-order valence-electron chi connectivity index (χ2n) is 5.46. The Bertz CT molecular complexity index is 582. The molecule has 0 aliphatic heterocycles. The van der Waals surface area contributed by atoms with E-state index >= 15 is 0 Å². The Hall–Kier alpha value is -1.03. The van der Waals surface area contributed by atoms with Crippen LogP contribution in [0.2, 0.25) is 4.34 Å². The molecule has 2 rings (SSSR count). The maximum atomic E-state index is 6.01. The van der Waals surface area contributed by atoms with Gasteiger partial charge in [-0.05, 0) is 45.9 Å². The van der Waals surface area contributed by atoms with Gasteiger partial charge in [-0.15, -0.1) is 11.3 Å². The zero-order valence-corrected chi connectivity index (χ0v) is 14.5. The summed E-state index contributed by atoms with van der Waals surface area (Å²) >= 11 is 7.63. The molecule has 0 spiro atoms. The van der Waals surface area contributed by atoms with Crippen molar-refractivity contribution in [3.05, 3.63) is 51.2 Å². The monoisotopic (exact) mass is 323 g/mol. The summed E-state index contributed by atoms with van der Waals surface area (Å²) in [5.41, 5.74) is 1.18. The van der Waals surface area contributed by atoms with Gasteiger partial charge in [-0.25, -0.2) is 0 Å². The number of ether oxygens (including phenoxy) is 1. The molecule has 2 unspecified atom stereocenters. The molecule has 0 amide bonds. The Morgan fingerprint density at radius 2 is 1.71 bits per heavy atom. The second-order valence-corrected chi connectivity index (χ2v) is 7.20. The molecule has 0 aliphatic carbocycles. The van der Waals surface area contributed by atoms with Crippen molar-refractivity contribution in [1.29, 1.82) is 0 Å². The van der Waals surface area contributed by atoms with Crippen LogP contribution in [0.5, 0.6) is 5.75 Å². The normalized spacial score (nSPS) is 14.2. The molecule has 1 aromatic carbocycles. The SMILES string of the molecule is CC(C)Oc1ccccc1C(C)NC(C)c1ccc(Cl)s1. The fourth-order valence-corrected chi connectivity index (χ4v) is 3.38. The van der Waals surface area contributed by atoms with Crippen molar-refractivity contribution in [2.24, 2.45) is 0 Å². The van der Waals surface area contributed by atoms with E-state index in [-0.39, 0.29) is 18.2 Å². The molecular weight excluding hydrogens is 302 g/mol. The van der Waals surface area contributed by atoms with Crippen molar-refractivity contribution in [3.8, 4) is 5.75 Å². The minimum absolute atomic E-state index is 0.173. The minimum Gasteiger partial charge on any atom is -0.491 e. The molecule has 0 radical (unpaired) electrons. The zero-order chi connectivity index (χ0) is 15.4. The van der Waals surface area contributed by atoms with Gasteiger partial charge in [0.1, 0.15) is 5.75 Å². The van der Waals surface area contributed by atoms with Crippen LogP contribution in [-0.2, 0) is 0 Å². The van der Waals surface area contributed by atoms with Gasteiger partial charge in [-0.2, -0.15) is 0 Å². The van der Waals surface area contributed by atoms with Gasteiger partial charge in [-0.3, -0.25) is 0 Å². The molecule has 2 aromatic rings. The first-order valence-corrected chi connectivity index (χ1v) is 8.43. The lowest BCUT2D eigenvalue weighted by molar-refractivity contribution is 0.237. The van der Waals surface area contributed by atoms with E-state index in [1.165, 1.54) is 10.4 Å². The van der Waals surface area contributed by atoms with Crippen LogP contribution in [0.1, 0.15) is 50.2 Å². The molecule has 1 heterocycles. The number of benzene rings is 1. The molecule has 114 valence electrons. The van der Waals surface area contributed by atoms with Crippen LogP contribution in [0.15, 0.2) is 36.4 Å². The van der Waals surface area contributed by atoms with Crippen molar-refractivity contribution >= 4 is 22.9 Å². The molecule has 0 saturated carbocycles. The maximum Gasteiger partial charge on any atom is 0.124 e. The fourth-order valence-electron chi connectivity index (χ4n) is 2.31. The van der Waals surface area contributed by atoms with Gasteiger partial charge < -0.3 is 10.1 Å². The Kier molecular flexibility index (Phi) is 5.68. The molecule has 1 aromatic heterocycles. The summed E-state index contributed by atoms with van der Waals surface area (Å²) in [6.07, 6.45) is 0.173. The van der Waals surface area contributed by atoms with Crippen molar-refractivity contribution < 1.29 is 4.74 Å². The second kappa shape index (κ2) is 7.30. The van der Waals surface area contributed by atoms with Crippen LogP contribution in [-0.4, -0.2) is 6.10 Å². The highest BCUT2D eigenvalue weighted by Crippen LogP contribution is 2.31. The summed E-state index contributed by atoms with van der Waals surface area (Å²) in [5, 5.41) is 3.61. The molecule has 0 bridgehead atoms. The highest BCUT2D eigenvalue weighted by Gasteiger charge is 2.16. The topological polar surface area (TPSA) is 21.3 Å². The number of hydrogen-bond acceptors (Lipinski definition) is 3. The number of halogens is 1. The van der Waals surface area contributed by atoms with Crippen LogP contribution < -0.4 is 10.1 Å². The lowest BCUT2D eigenvalue weighted by Crippen LogP contribution is -2.22. The van der Waals surface area contributed by atoms with Crippen LogP contribution in [0.4, 0.5) is 0 Å². The van der Waals surface area contributed by atoms with Crippen molar-refractivity contribution in [3.63, 3.8) is 0 Å². The molecular formula is C17H22ClNOS. The average Bonchev–Trinajstić information content (AvgIpc) is 2.85. The smallest absolute Gasteiger partial charge is 0.124 e. The predicted molar refractivity (Wildman–Crippen MR) is 91.5 cm³/mol. The van der Waals surface area contributed by atoms with E-state index in [0.29, 0.717) is 0 Å². The van der Waals surface area contributed by atoms with E-state index in [1.807, 2.05) is 38.1 Å². The van der Waals surface area contributed by atoms with Gasteiger partial charge in [0.2, 0.25) is 0 Å². The van der Waals surface area contributed by atoms with Crippen LogP contribution in [0.3, 0.4) is 0 Å². The summed E-state index contributed by atoms with van der Waals surface area (Å²) in [7, 11) is 0. The Labute approximate surface area is 136 Å². The largest absolute Gasteiger partial charge is 0.491 e. The molecule has 2 atom stereocenters. The summed E-state index contributed by atoms with van der Waals surface area (Å²) in [6.45, 7) is 8.41. The third kappa shape index (κ3) is 4.47. The number of rotatable bonds is 6. The van der Waals surface area contributed by atoms with Crippen molar-refractivity contribution in [2.75, 3.05) is 0 Å². The van der Waals surface area contributed by atoms with Crippen LogP contribution in [0, 0.1) is 0 Å². The van der Waals surface area contributed by atoms with E-state index < -0.39 is 0 Å².